The molecule has 0 amide bonds. The van der Waals surface area contributed by atoms with Gasteiger partial charge in [0.25, 0.3) is 0 Å². The molecule has 19 heavy (non-hydrogen) atoms. The maximum Gasteiger partial charge on any atom is 0.0593 e. The highest BCUT2D eigenvalue weighted by Crippen LogP contribution is 2.17. The molecule has 0 saturated carbocycles. The molecule has 0 aliphatic carbocycles. The van der Waals surface area contributed by atoms with Crippen LogP contribution in [-0.2, 0) is 4.74 Å². The Morgan fingerprint density at radius 1 is 1.32 bits per heavy atom. The van der Waals surface area contributed by atoms with Crippen molar-refractivity contribution in [1.82, 2.24) is 10.2 Å². The Hall–Kier alpha value is -0.900. The second kappa shape index (κ2) is 9.08. The van der Waals surface area contributed by atoms with Gasteiger partial charge in [0.05, 0.1) is 6.61 Å². The largest absolute Gasteiger partial charge is 0.380 e. The van der Waals surface area contributed by atoms with Crippen LogP contribution in [0.5, 0.6) is 0 Å². The van der Waals surface area contributed by atoms with Crippen molar-refractivity contribution in [1.29, 1.82) is 0 Å². The van der Waals surface area contributed by atoms with Gasteiger partial charge >= 0.3 is 0 Å². The van der Waals surface area contributed by atoms with Gasteiger partial charge in [0, 0.05) is 19.2 Å². The first-order chi connectivity index (χ1) is 9.17. The van der Waals surface area contributed by atoms with Crippen LogP contribution in [0.3, 0.4) is 0 Å². The Balaban J connectivity index is 2.40. The first-order valence-corrected chi connectivity index (χ1v) is 7.17. The summed E-state index contributed by atoms with van der Waals surface area (Å²) in [5.74, 6) is 0. The quantitative estimate of drug-likeness (QED) is 0.694. The molecule has 1 N–H and O–H groups in total. The molecule has 1 atom stereocenters. The van der Waals surface area contributed by atoms with E-state index >= 15 is 0 Å². The topological polar surface area (TPSA) is 24.5 Å². The summed E-state index contributed by atoms with van der Waals surface area (Å²) >= 11 is 0. The van der Waals surface area contributed by atoms with E-state index in [-0.39, 0.29) is 0 Å². The van der Waals surface area contributed by atoms with Gasteiger partial charge in [-0.25, -0.2) is 0 Å². The van der Waals surface area contributed by atoms with Gasteiger partial charge in [-0.1, -0.05) is 29.8 Å². The molecule has 0 aliphatic rings. The zero-order valence-electron chi connectivity index (χ0n) is 12.8. The number of ether oxygens (including phenoxy) is 1. The smallest absolute Gasteiger partial charge is 0.0593 e. The van der Waals surface area contributed by atoms with Gasteiger partial charge in [-0.05, 0) is 46.5 Å². The number of nitrogens with one attached hydrogen (secondary N) is 1. The van der Waals surface area contributed by atoms with Crippen LogP contribution >= 0.6 is 0 Å². The minimum Gasteiger partial charge on any atom is -0.380 e. The van der Waals surface area contributed by atoms with Crippen LogP contribution in [-0.4, -0.2) is 45.3 Å². The maximum atomic E-state index is 5.38. The Bertz CT molecular complexity index is 354. The van der Waals surface area contributed by atoms with Gasteiger partial charge in [-0.2, -0.15) is 0 Å². The number of aryl methyl sites for hydroxylation is 1. The van der Waals surface area contributed by atoms with Gasteiger partial charge in [-0.15, -0.1) is 0 Å². The average molecular weight is 264 g/mol. The monoisotopic (exact) mass is 264 g/mol. The standard InChI is InChI=1S/C16H28N2O/c1-5-19-12-11-18(4)10-9-16(17-3)15-8-6-7-14(2)13-15/h6-8,13,16-17H,5,9-12H2,1-4H3. The Labute approximate surface area is 118 Å². The number of rotatable bonds is 9. The second-order valence-corrected chi connectivity index (χ2v) is 5.04. The van der Waals surface area contributed by atoms with Crippen LogP contribution in [0.4, 0.5) is 0 Å². The molecule has 0 bridgehead atoms. The van der Waals surface area contributed by atoms with Crippen molar-refractivity contribution in [3.63, 3.8) is 0 Å². The van der Waals surface area contributed by atoms with E-state index in [4.69, 9.17) is 4.74 Å². The maximum absolute atomic E-state index is 5.38. The SMILES string of the molecule is CCOCCN(C)CCC(NC)c1cccc(C)c1. The number of nitrogens with zero attached hydrogens (tertiary/aromatic N) is 1. The molecule has 0 spiro atoms. The first kappa shape index (κ1) is 16.2. The van der Waals surface area contributed by atoms with E-state index < -0.39 is 0 Å². The Kier molecular flexibility index (Phi) is 7.72. The van der Waals surface area contributed by atoms with Gasteiger partial charge in [-0.3, -0.25) is 0 Å². The molecule has 0 heterocycles. The van der Waals surface area contributed by atoms with E-state index in [2.05, 4.69) is 48.5 Å². The van der Waals surface area contributed by atoms with Crippen molar-refractivity contribution >= 4 is 0 Å². The number of hydrogen-bond donors (Lipinski definition) is 1. The van der Waals surface area contributed by atoms with Crippen LogP contribution in [0.15, 0.2) is 24.3 Å². The fraction of sp³-hybridized carbons (Fsp3) is 0.625. The van der Waals surface area contributed by atoms with Crippen molar-refractivity contribution < 1.29 is 4.74 Å². The van der Waals surface area contributed by atoms with Crippen LogP contribution in [0.2, 0.25) is 0 Å². The zero-order valence-corrected chi connectivity index (χ0v) is 12.8. The summed E-state index contributed by atoms with van der Waals surface area (Å²) < 4.78 is 5.38. The summed E-state index contributed by atoms with van der Waals surface area (Å²) in [4.78, 5) is 2.33. The molecule has 3 nitrogen and oxygen atoms in total. The molecule has 0 fully saturated rings. The third-order valence-electron chi connectivity index (χ3n) is 3.41. The highest BCUT2D eigenvalue weighted by molar-refractivity contribution is 5.25. The van der Waals surface area contributed by atoms with E-state index in [0.717, 1.165) is 32.7 Å². The summed E-state index contributed by atoms with van der Waals surface area (Å²) in [5, 5.41) is 3.41. The molecule has 1 aromatic carbocycles. The van der Waals surface area contributed by atoms with Crippen molar-refractivity contribution in [2.75, 3.05) is 40.4 Å². The fourth-order valence-corrected chi connectivity index (χ4v) is 2.19. The van der Waals surface area contributed by atoms with E-state index in [0.29, 0.717) is 6.04 Å². The summed E-state index contributed by atoms with van der Waals surface area (Å²) in [6.45, 7) is 7.88. The molecule has 108 valence electrons. The lowest BCUT2D eigenvalue weighted by molar-refractivity contribution is 0.121. The van der Waals surface area contributed by atoms with E-state index in [9.17, 15) is 0 Å². The first-order valence-electron chi connectivity index (χ1n) is 7.17. The number of hydrogen-bond acceptors (Lipinski definition) is 3. The van der Waals surface area contributed by atoms with Crippen LogP contribution in [0, 0.1) is 6.92 Å². The van der Waals surface area contributed by atoms with Gasteiger partial charge in [0.2, 0.25) is 0 Å². The highest BCUT2D eigenvalue weighted by atomic mass is 16.5. The lowest BCUT2D eigenvalue weighted by Crippen LogP contribution is -2.28. The lowest BCUT2D eigenvalue weighted by Gasteiger charge is -2.22. The predicted octanol–water partition coefficient (Wildman–Crippen LogP) is 2.61. The lowest BCUT2D eigenvalue weighted by atomic mass is 10.0. The Morgan fingerprint density at radius 2 is 2.11 bits per heavy atom. The van der Waals surface area contributed by atoms with E-state index in [1.807, 2.05) is 14.0 Å². The minimum atomic E-state index is 0.425. The van der Waals surface area contributed by atoms with Crippen molar-refractivity contribution in [3.8, 4) is 0 Å². The van der Waals surface area contributed by atoms with Crippen molar-refractivity contribution in [3.05, 3.63) is 35.4 Å². The molecule has 0 aliphatic heterocycles. The third-order valence-corrected chi connectivity index (χ3v) is 3.41. The molecule has 1 rings (SSSR count). The van der Waals surface area contributed by atoms with Gasteiger partial charge in [0.15, 0.2) is 0 Å². The minimum absolute atomic E-state index is 0.425. The number of likely N-dealkylation sites (N-methyl/N-ethyl adjacent to an activating group) is 1. The normalized spacial score (nSPS) is 12.9. The Morgan fingerprint density at radius 3 is 2.74 bits per heavy atom. The van der Waals surface area contributed by atoms with Gasteiger partial charge < -0.3 is 15.0 Å². The fourth-order valence-electron chi connectivity index (χ4n) is 2.19. The van der Waals surface area contributed by atoms with Gasteiger partial charge in [0.1, 0.15) is 0 Å². The highest BCUT2D eigenvalue weighted by Gasteiger charge is 2.10. The summed E-state index contributed by atoms with van der Waals surface area (Å²) in [6.07, 6.45) is 1.11. The third kappa shape index (κ3) is 6.19. The van der Waals surface area contributed by atoms with Crippen molar-refractivity contribution in [2.24, 2.45) is 0 Å². The molecule has 3 heteroatoms. The average Bonchev–Trinajstić information content (AvgIpc) is 2.40. The summed E-state index contributed by atoms with van der Waals surface area (Å²) in [7, 11) is 4.19. The number of benzene rings is 1. The molecular weight excluding hydrogens is 236 g/mol. The molecular formula is C16H28N2O. The predicted molar refractivity (Wildman–Crippen MR) is 81.6 cm³/mol. The van der Waals surface area contributed by atoms with Crippen molar-refractivity contribution in [2.45, 2.75) is 26.3 Å². The summed E-state index contributed by atoms with van der Waals surface area (Å²) in [6, 6.07) is 9.17. The van der Waals surface area contributed by atoms with E-state index in [1.54, 1.807) is 0 Å². The van der Waals surface area contributed by atoms with E-state index in [1.165, 1.54) is 11.1 Å². The molecule has 0 radical (unpaired) electrons. The zero-order chi connectivity index (χ0) is 14.1. The van der Waals surface area contributed by atoms with Crippen LogP contribution in [0.25, 0.3) is 0 Å². The second-order valence-electron chi connectivity index (χ2n) is 5.04. The van der Waals surface area contributed by atoms with Crippen LogP contribution < -0.4 is 5.32 Å². The molecule has 0 aromatic heterocycles. The molecule has 1 aromatic rings. The van der Waals surface area contributed by atoms with Crippen LogP contribution in [0.1, 0.15) is 30.5 Å². The molecule has 0 saturated heterocycles. The molecule has 1 unspecified atom stereocenters. The summed E-state index contributed by atoms with van der Waals surface area (Å²) in [5.41, 5.74) is 2.70.